The number of ether oxygens (including phenoxy) is 5. The topological polar surface area (TPSA) is 97.4 Å². The summed E-state index contributed by atoms with van der Waals surface area (Å²) >= 11 is 0. The number of carbonyl (C=O) groups is 3. The Morgan fingerprint density at radius 3 is 2.40 bits per heavy atom. The predicted molar refractivity (Wildman–Crippen MR) is 82.3 cm³/mol. The molecule has 130 valence electrons. The number of esters is 2. The van der Waals surface area contributed by atoms with Gasteiger partial charge in [-0.25, -0.2) is 9.59 Å². The van der Waals surface area contributed by atoms with E-state index in [1.165, 1.54) is 39.7 Å². The van der Waals surface area contributed by atoms with E-state index in [0.29, 0.717) is 0 Å². The second-order valence-electron chi connectivity index (χ2n) is 5.14. The van der Waals surface area contributed by atoms with Crippen molar-refractivity contribution < 1.29 is 38.1 Å². The zero-order valence-electron chi connectivity index (χ0n) is 13.7. The number of Topliss-reactive ketones (excluding diaryl/α,β-unsaturated/α-hetero) is 1. The van der Waals surface area contributed by atoms with Crippen molar-refractivity contribution in [2.75, 3.05) is 21.3 Å². The zero-order valence-corrected chi connectivity index (χ0v) is 13.7. The van der Waals surface area contributed by atoms with Crippen LogP contribution >= 0.6 is 0 Å². The molecule has 0 N–H and O–H groups in total. The Balaban J connectivity index is 2.16. The number of hydrogen-bond donors (Lipinski definition) is 0. The summed E-state index contributed by atoms with van der Waals surface area (Å²) in [5, 5.41) is 0. The van der Waals surface area contributed by atoms with Crippen LogP contribution in [0.5, 0.6) is 11.5 Å². The Hall–Kier alpha value is -3.29. The average molecular weight is 346 g/mol. The lowest BCUT2D eigenvalue weighted by Crippen LogP contribution is -2.37. The summed E-state index contributed by atoms with van der Waals surface area (Å²) in [6, 6.07) is 2.84. The van der Waals surface area contributed by atoms with E-state index < -0.39 is 23.8 Å². The van der Waals surface area contributed by atoms with Crippen molar-refractivity contribution in [3.63, 3.8) is 0 Å². The quantitative estimate of drug-likeness (QED) is 0.758. The fourth-order valence-corrected chi connectivity index (χ4v) is 2.60. The van der Waals surface area contributed by atoms with E-state index in [-0.39, 0.29) is 33.8 Å². The minimum Gasteiger partial charge on any atom is -0.497 e. The maximum absolute atomic E-state index is 12.8. The first kappa shape index (κ1) is 16.6. The Bertz CT molecular complexity index is 833. The molecule has 8 heteroatoms. The maximum atomic E-state index is 12.8. The van der Waals surface area contributed by atoms with E-state index in [2.05, 4.69) is 4.74 Å². The summed E-state index contributed by atoms with van der Waals surface area (Å²) in [6.45, 7) is 0. The van der Waals surface area contributed by atoms with E-state index >= 15 is 0 Å². The minimum absolute atomic E-state index is 0.00522. The molecule has 1 aromatic carbocycles. The van der Waals surface area contributed by atoms with Gasteiger partial charge in [0.25, 0.3) is 0 Å². The number of ketones is 1. The van der Waals surface area contributed by atoms with Crippen molar-refractivity contribution in [3.05, 3.63) is 46.9 Å². The first-order valence-electron chi connectivity index (χ1n) is 7.17. The third kappa shape index (κ3) is 2.61. The van der Waals surface area contributed by atoms with Crippen molar-refractivity contribution in [1.29, 1.82) is 0 Å². The molecule has 2 heterocycles. The van der Waals surface area contributed by atoms with Gasteiger partial charge in [0, 0.05) is 0 Å². The van der Waals surface area contributed by atoms with Crippen LogP contribution in [0.1, 0.15) is 20.7 Å². The van der Waals surface area contributed by atoms with Gasteiger partial charge in [-0.15, -0.1) is 0 Å². The fourth-order valence-electron chi connectivity index (χ4n) is 2.60. The number of rotatable bonds is 3. The highest BCUT2D eigenvalue weighted by Crippen LogP contribution is 2.40. The second kappa shape index (κ2) is 6.31. The fraction of sp³-hybridized carbons (Fsp3) is 0.235. The molecule has 25 heavy (non-hydrogen) atoms. The van der Waals surface area contributed by atoms with Crippen LogP contribution in [0.3, 0.4) is 0 Å². The summed E-state index contributed by atoms with van der Waals surface area (Å²) in [7, 11) is 3.81. The highest BCUT2D eigenvalue weighted by atomic mass is 16.5. The Labute approximate surface area is 142 Å². The highest BCUT2D eigenvalue weighted by molar-refractivity contribution is 6.15. The first-order valence-corrected chi connectivity index (χ1v) is 7.17. The molecule has 0 aliphatic carbocycles. The molecule has 2 aliphatic heterocycles. The van der Waals surface area contributed by atoms with Crippen molar-refractivity contribution in [3.8, 4) is 11.5 Å². The lowest BCUT2D eigenvalue weighted by atomic mass is 9.89. The molecule has 1 aromatic rings. The van der Waals surface area contributed by atoms with Gasteiger partial charge in [0.2, 0.25) is 0 Å². The van der Waals surface area contributed by atoms with Crippen LogP contribution in [0.15, 0.2) is 35.8 Å². The highest BCUT2D eigenvalue weighted by Gasteiger charge is 2.41. The second-order valence-corrected chi connectivity index (χ2v) is 5.14. The summed E-state index contributed by atoms with van der Waals surface area (Å²) in [4.78, 5) is 36.8. The van der Waals surface area contributed by atoms with Crippen LogP contribution in [0.2, 0.25) is 0 Å². The summed E-state index contributed by atoms with van der Waals surface area (Å²) in [6.07, 6.45) is 1.29. The lowest BCUT2D eigenvalue weighted by Gasteiger charge is -2.30. The number of fused-ring (bicyclic) bond motifs is 2. The van der Waals surface area contributed by atoms with E-state index in [1.54, 1.807) is 0 Å². The van der Waals surface area contributed by atoms with Gasteiger partial charge < -0.3 is 23.7 Å². The molecule has 0 amide bonds. The van der Waals surface area contributed by atoms with Crippen molar-refractivity contribution in [1.82, 2.24) is 0 Å². The van der Waals surface area contributed by atoms with Crippen molar-refractivity contribution in [2.45, 2.75) is 6.10 Å². The van der Waals surface area contributed by atoms with Gasteiger partial charge in [0.05, 0.1) is 32.5 Å². The average Bonchev–Trinajstić information content (AvgIpc) is 2.65. The zero-order chi connectivity index (χ0) is 18.1. The molecule has 0 bridgehead atoms. The van der Waals surface area contributed by atoms with Gasteiger partial charge in [0.1, 0.15) is 35.2 Å². The molecule has 1 unspecified atom stereocenters. The smallest absolute Gasteiger partial charge is 0.341 e. The molecule has 0 aromatic heterocycles. The molecular formula is C17H14O8. The van der Waals surface area contributed by atoms with Crippen LogP contribution in [0.25, 0.3) is 0 Å². The molecule has 0 fully saturated rings. The van der Waals surface area contributed by atoms with Gasteiger partial charge in [-0.3, -0.25) is 4.79 Å². The van der Waals surface area contributed by atoms with Gasteiger partial charge in [-0.05, 0) is 12.1 Å². The number of carbonyl (C=O) groups excluding carboxylic acids is 3. The standard InChI is InChI=1S/C17H14O8/c1-21-8-4-9-13(18)11-6-24-7-12(17(20)23-3)15(11)25-14(9)10(5-8)16(19)22-2/h4-7,15H,1-3H3. The van der Waals surface area contributed by atoms with Crippen molar-refractivity contribution >= 4 is 17.7 Å². The predicted octanol–water partition coefficient (Wildman–Crippen LogP) is 1.40. The van der Waals surface area contributed by atoms with E-state index in [4.69, 9.17) is 18.9 Å². The maximum Gasteiger partial charge on any atom is 0.341 e. The lowest BCUT2D eigenvalue weighted by molar-refractivity contribution is -0.137. The van der Waals surface area contributed by atoms with Crippen LogP contribution in [0.4, 0.5) is 0 Å². The van der Waals surface area contributed by atoms with E-state index in [1.807, 2.05) is 0 Å². The van der Waals surface area contributed by atoms with Crippen LogP contribution < -0.4 is 9.47 Å². The molecule has 0 radical (unpaired) electrons. The Kier molecular flexibility index (Phi) is 4.18. The molecule has 0 saturated carbocycles. The van der Waals surface area contributed by atoms with Gasteiger partial charge >= 0.3 is 11.9 Å². The monoisotopic (exact) mass is 346 g/mol. The van der Waals surface area contributed by atoms with Crippen LogP contribution in [-0.4, -0.2) is 45.2 Å². The number of benzene rings is 1. The largest absolute Gasteiger partial charge is 0.497 e. The van der Waals surface area contributed by atoms with E-state index in [0.717, 1.165) is 6.26 Å². The number of methoxy groups -OCH3 is 3. The molecule has 1 atom stereocenters. The molecular weight excluding hydrogens is 332 g/mol. The molecule has 2 aliphatic rings. The summed E-state index contributed by atoms with van der Waals surface area (Å²) in [5.74, 6) is -1.57. The SMILES string of the molecule is COC(=O)C1=COC=C2C(=O)c3cc(OC)cc(C(=O)OC)c3OC12. The molecule has 8 nitrogen and oxygen atoms in total. The van der Waals surface area contributed by atoms with Gasteiger partial charge in [-0.2, -0.15) is 0 Å². The van der Waals surface area contributed by atoms with Crippen LogP contribution in [0, 0.1) is 0 Å². The number of hydrogen-bond acceptors (Lipinski definition) is 8. The third-order valence-electron chi connectivity index (χ3n) is 3.82. The van der Waals surface area contributed by atoms with E-state index in [9.17, 15) is 14.4 Å². The molecule has 0 spiro atoms. The Morgan fingerprint density at radius 2 is 1.76 bits per heavy atom. The minimum atomic E-state index is -1.04. The third-order valence-corrected chi connectivity index (χ3v) is 3.82. The Morgan fingerprint density at radius 1 is 1.04 bits per heavy atom. The summed E-state index contributed by atoms with van der Waals surface area (Å²) < 4.78 is 25.4. The van der Waals surface area contributed by atoms with Gasteiger partial charge in [-0.1, -0.05) is 0 Å². The summed E-state index contributed by atoms with van der Waals surface area (Å²) in [5.41, 5.74) is 0.238. The van der Waals surface area contributed by atoms with Crippen molar-refractivity contribution in [2.24, 2.45) is 0 Å². The van der Waals surface area contributed by atoms with Gasteiger partial charge in [0.15, 0.2) is 11.9 Å². The molecule has 0 saturated heterocycles. The molecule has 3 rings (SSSR count). The first-order chi connectivity index (χ1) is 12.0. The normalized spacial score (nSPS) is 17.7. The van der Waals surface area contributed by atoms with Crippen LogP contribution in [-0.2, 0) is 19.0 Å².